The van der Waals surface area contributed by atoms with Crippen molar-refractivity contribution in [2.75, 3.05) is 36.4 Å². The number of carbonyl (C=O) groups excluding carboxylic acids is 1. The maximum Gasteiger partial charge on any atom is 0.211 e. The van der Waals surface area contributed by atoms with Gasteiger partial charge in [-0.3, -0.25) is 9.48 Å². The maximum absolute atomic E-state index is 10.2. The van der Waals surface area contributed by atoms with Crippen molar-refractivity contribution in [1.82, 2.24) is 24.5 Å². The van der Waals surface area contributed by atoms with Crippen LogP contribution in [-0.2, 0) is 11.8 Å². The first-order valence-electron chi connectivity index (χ1n) is 10.2. The molecule has 0 atom stereocenters. The third-order valence-corrected chi connectivity index (χ3v) is 5.56. The van der Waals surface area contributed by atoms with Crippen molar-refractivity contribution in [2.45, 2.75) is 13.8 Å². The van der Waals surface area contributed by atoms with Crippen molar-refractivity contribution in [3.63, 3.8) is 0 Å². The summed E-state index contributed by atoms with van der Waals surface area (Å²) < 4.78 is 3.69. The van der Waals surface area contributed by atoms with Gasteiger partial charge < -0.3 is 19.9 Å². The predicted octanol–water partition coefficient (Wildman–Crippen LogP) is 3.16. The molecule has 1 aromatic carbocycles. The van der Waals surface area contributed by atoms with Crippen LogP contribution in [0.2, 0.25) is 5.02 Å². The fourth-order valence-corrected chi connectivity index (χ4v) is 4.11. The summed E-state index contributed by atoms with van der Waals surface area (Å²) in [4.78, 5) is 16.9. The Morgan fingerprint density at radius 3 is 2.68 bits per heavy atom. The van der Waals surface area contributed by atoms with E-state index in [-0.39, 0.29) is 0 Å². The molecular formula is C22H26ClN7O. The number of pyridine rings is 1. The number of halogens is 1. The summed E-state index contributed by atoms with van der Waals surface area (Å²) in [5.41, 5.74) is 5.92. The van der Waals surface area contributed by atoms with Crippen LogP contribution >= 0.6 is 11.6 Å². The van der Waals surface area contributed by atoms with Crippen LogP contribution in [0.4, 0.5) is 11.4 Å². The van der Waals surface area contributed by atoms with Gasteiger partial charge in [-0.2, -0.15) is 5.10 Å². The molecule has 2 N–H and O–H groups in total. The molecule has 0 unspecified atom stereocenters. The molecule has 1 aliphatic heterocycles. The van der Waals surface area contributed by atoms with E-state index >= 15 is 0 Å². The highest BCUT2D eigenvalue weighted by Gasteiger charge is 2.15. The Balaban J connectivity index is 0.000000152. The van der Waals surface area contributed by atoms with Crippen LogP contribution in [0.3, 0.4) is 0 Å². The van der Waals surface area contributed by atoms with Crippen molar-refractivity contribution in [2.24, 2.45) is 7.05 Å². The zero-order chi connectivity index (χ0) is 22.0. The molecule has 0 radical (unpaired) electrons. The molecule has 0 saturated carbocycles. The van der Waals surface area contributed by atoms with E-state index in [4.69, 9.17) is 11.6 Å². The molecule has 1 aliphatic rings. The van der Waals surface area contributed by atoms with E-state index < -0.39 is 0 Å². The molecule has 0 bridgehead atoms. The SMILES string of the molecule is Cc1ccc(N2CCNCC2)c2cn(C)nc12.Cc1cn2cc(NC=O)cc(Cl)c2n1. The normalized spacial score (nSPS) is 13.9. The highest BCUT2D eigenvalue weighted by molar-refractivity contribution is 6.33. The summed E-state index contributed by atoms with van der Waals surface area (Å²) in [5.74, 6) is 0. The number of aryl methyl sites for hydroxylation is 3. The maximum atomic E-state index is 10.2. The first-order chi connectivity index (χ1) is 15.0. The largest absolute Gasteiger partial charge is 0.368 e. The topological polar surface area (TPSA) is 79.5 Å². The van der Waals surface area contributed by atoms with Crippen LogP contribution < -0.4 is 15.5 Å². The van der Waals surface area contributed by atoms with Gasteiger partial charge in [-0.25, -0.2) is 4.98 Å². The lowest BCUT2D eigenvalue weighted by Gasteiger charge is -2.30. The van der Waals surface area contributed by atoms with Crippen LogP contribution in [0.5, 0.6) is 0 Å². The fourth-order valence-electron chi connectivity index (χ4n) is 3.85. The van der Waals surface area contributed by atoms with Gasteiger partial charge in [-0.15, -0.1) is 0 Å². The van der Waals surface area contributed by atoms with Crippen LogP contribution in [0.25, 0.3) is 16.6 Å². The number of hydrogen-bond donors (Lipinski definition) is 2. The van der Waals surface area contributed by atoms with E-state index in [9.17, 15) is 4.79 Å². The molecule has 162 valence electrons. The summed E-state index contributed by atoms with van der Waals surface area (Å²) in [6.45, 7) is 8.29. The monoisotopic (exact) mass is 439 g/mol. The van der Waals surface area contributed by atoms with Gasteiger partial charge in [-0.05, 0) is 31.5 Å². The molecule has 8 nitrogen and oxygen atoms in total. The number of fused-ring (bicyclic) bond motifs is 2. The standard InChI is InChI=1S/C13H18N4.C9H8ClN3O/c1-10-3-4-12(17-7-5-14-6-8-17)11-9-16(2)15-13(10)11;1-6-3-13-4-7(11-5-14)2-8(10)9(13)12-6/h3-4,9,14H,5-8H2,1-2H3;2-5H,1H3,(H,11,14). The first kappa shape index (κ1) is 21.1. The molecule has 1 saturated heterocycles. The molecule has 4 aromatic rings. The number of amides is 1. The molecule has 9 heteroatoms. The van der Waals surface area contributed by atoms with Gasteiger partial charge in [0.05, 0.1) is 21.9 Å². The molecule has 5 rings (SSSR count). The highest BCUT2D eigenvalue weighted by Crippen LogP contribution is 2.28. The number of carbonyl (C=O) groups is 1. The lowest BCUT2D eigenvalue weighted by molar-refractivity contribution is -0.105. The Morgan fingerprint density at radius 2 is 1.94 bits per heavy atom. The number of nitrogens with zero attached hydrogens (tertiary/aromatic N) is 5. The minimum Gasteiger partial charge on any atom is -0.368 e. The number of nitrogens with one attached hydrogen (secondary N) is 2. The average molecular weight is 440 g/mol. The summed E-state index contributed by atoms with van der Waals surface area (Å²) in [6.07, 6.45) is 6.34. The number of rotatable bonds is 3. The van der Waals surface area contributed by atoms with Crippen molar-refractivity contribution in [3.8, 4) is 0 Å². The molecule has 3 aromatic heterocycles. The Morgan fingerprint density at radius 1 is 1.16 bits per heavy atom. The Bertz CT molecular complexity index is 1220. The summed E-state index contributed by atoms with van der Waals surface area (Å²) >= 11 is 5.97. The van der Waals surface area contributed by atoms with Gasteiger partial charge >= 0.3 is 0 Å². The van der Waals surface area contributed by atoms with Crippen LogP contribution in [-0.4, -0.2) is 51.8 Å². The van der Waals surface area contributed by atoms with Crippen molar-refractivity contribution < 1.29 is 4.79 Å². The molecule has 4 heterocycles. The second-order valence-electron chi connectivity index (χ2n) is 7.66. The molecule has 0 spiro atoms. The molecule has 31 heavy (non-hydrogen) atoms. The third-order valence-electron chi connectivity index (χ3n) is 5.28. The van der Waals surface area contributed by atoms with Gasteiger partial charge in [0.2, 0.25) is 6.41 Å². The zero-order valence-electron chi connectivity index (χ0n) is 17.9. The molecule has 1 amide bonds. The van der Waals surface area contributed by atoms with Crippen LogP contribution in [0.1, 0.15) is 11.3 Å². The number of imidazole rings is 1. The number of benzene rings is 1. The van der Waals surface area contributed by atoms with Crippen LogP contribution in [0, 0.1) is 13.8 Å². The van der Waals surface area contributed by atoms with Crippen molar-refractivity contribution in [1.29, 1.82) is 0 Å². The minimum absolute atomic E-state index is 0.518. The third kappa shape index (κ3) is 4.50. The summed E-state index contributed by atoms with van der Waals surface area (Å²) in [6, 6.07) is 6.06. The van der Waals surface area contributed by atoms with E-state index in [1.807, 2.05) is 24.9 Å². The Kier molecular flexibility index (Phi) is 6.11. The van der Waals surface area contributed by atoms with E-state index in [1.54, 1.807) is 16.7 Å². The van der Waals surface area contributed by atoms with Crippen molar-refractivity contribution >= 4 is 45.9 Å². The zero-order valence-corrected chi connectivity index (χ0v) is 18.6. The second-order valence-corrected chi connectivity index (χ2v) is 8.06. The fraction of sp³-hybridized carbons (Fsp3) is 0.318. The lowest BCUT2D eigenvalue weighted by Crippen LogP contribution is -2.43. The molecular weight excluding hydrogens is 414 g/mol. The van der Waals surface area contributed by atoms with E-state index in [2.05, 4.69) is 50.9 Å². The smallest absolute Gasteiger partial charge is 0.211 e. The van der Waals surface area contributed by atoms with Gasteiger partial charge in [0.15, 0.2) is 5.65 Å². The Hall–Kier alpha value is -3.10. The number of piperazine rings is 1. The van der Waals surface area contributed by atoms with Gasteiger partial charge in [0, 0.05) is 62.9 Å². The summed E-state index contributed by atoms with van der Waals surface area (Å²) in [5, 5.41) is 12.3. The van der Waals surface area contributed by atoms with Gasteiger partial charge in [0.25, 0.3) is 0 Å². The molecule has 0 aliphatic carbocycles. The van der Waals surface area contributed by atoms with Crippen LogP contribution in [0.15, 0.2) is 36.8 Å². The Labute approximate surface area is 185 Å². The predicted molar refractivity (Wildman–Crippen MR) is 125 cm³/mol. The highest BCUT2D eigenvalue weighted by atomic mass is 35.5. The minimum atomic E-state index is 0.518. The van der Waals surface area contributed by atoms with Crippen molar-refractivity contribution in [3.05, 3.63) is 53.1 Å². The van der Waals surface area contributed by atoms with Gasteiger partial charge in [0.1, 0.15) is 0 Å². The number of anilines is 2. The lowest BCUT2D eigenvalue weighted by atomic mass is 10.1. The second kappa shape index (κ2) is 8.95. The number of hydrogen-bond acceptors (Lipinski definition) is 5. The molecule has 1 fully saturated rings. The quantitative estimate of drug-likeness (QED) is 0.479. The van der Waals surface area contributed by atoms with E-state index in [0.29, 0.717) is 22.8 Å². The van der Waals surface area contributed by atoms with E-state index in [1.165, 1.54) is 16.6 Å². The number of aromatic nitrogens is 4. The first-order valence-corrected chi connectivity index (χ1v) is 10.6. The van der Waals surface area contributed by atoms with Gasteiger partial charge in [-0.1, -0.05) is 17.7 Å². The van der Waals surface area contributed by atoms with E-state index in [0.717, 1.165) is 37.4 Å². The summed E-state index contributed by atoms with van der Waals surface area (Å²) in [7, 11) is 1.99. The average Bonchev–Trinajstić information content (AvgIpc) is 3.32.